The van der Waals surface area contributed by atoms with Crippen molar-refractivity contribution in [2.24, 2.45) is 4.99 Å². The highest BCUT2D eigenvalue weighted by atomic mass is 16.5. The zero-order valence-corrected chi connectivity index (χ0v) is 19.9. The lowest BCUT2D eigenvalue weighted by Crippen LogP contribution is -2.40. The normalized spacial score (nSPS) is 16.2. The second-order valence-corrected chi connectivity index (χ2v) is 8.55. The first kappa shape index (κ1) is 24.2. The molecule has 1 saturated heterocycles. The first-order chi connectivity index (χ1) is 15.7. The van der Waals surface area contributed by atoms with Gasteiger partial charge in [-0.15, -0.1) is 0 Å². The van der Waals surface area contributed by atoms with E-state index in [1.54, 1.807) is 0 Å². The van der Waals surface area contributed by atoms with Gasteiger partial charge < -0.3 is 15.4 Å². The average Bonchev–Trinajstić information content (AvgIpc) is 2.83. The van der Waals surface area contributed by atoms with Gasteiger partial charge in [-0.25, -0.2) is 0 Å². The molecule has 1 aliphatic rings. The maximum Gasteiger partial charge on any atom is 0.191 e. The summed E-state index contributed by atoms with van der Waals surface area (Å²) in [5.74, 6) is 0.851. The quantitative estimate of drug-likeness (QED) is 0.442. The molecular weight excluding hydrogens is 398 g/mol. The van der Waals surface area contributed by atoms with Crippen molar-refractivity contribution < 1.29 is 4.74 Å². The third-order valence-corrected chi connectivity index (χ3v) is 6.17. The Morgan fingerprint density at radius 2 is 1.72 bits per heavy atom. The van der Waals surface area contributed by atoms with E-state index in [0.29, 0.717) is 6.04 Å². The van der Waals surface area contributed by atoms with E-state index >= 15 is 0 Å². The van der Waals surface area contributed by atoms with Crippen LogP contribution < -0.4 is 10.6 Å². The van der Waals surface area contributed by atoms with Gasteiger partial charge in [0.25, 0.3) is 0 Å². The predicted molar refractivity (Wildman–Crippen MR) is 133 cm³/mol. The van der Waals surface area contributed by atoms with E-state index in [2.05, 4.69) is 94.0 Å². The van der Waals surface area contributed by atoms with Crippen LogP contribution in [0.3, 0.4) is 0 Å². The van der Waals surface area contributed by atoms with Crippen LogP contribution in [-0.4, -0.2) is 68.7 Å². The molecule has 6 nitrogen and oxygen atoms in total. The van der Waals surface area contributed by atoms with Crippen LogP contribution in [-0.2, 0) is 24.4 Å². The molecule has 1 aliphatic heterocycles. The zero-order chi connectivity index (χ0) is 22.6. The van der Waals surface area contributed by atoms with Crippen molar-refractivity contribution in [1.82, 2.24) is 20.4 Å². The van der Waals surface area contributed by atoms with E-state index in [4.69, 9.17) is 4.74 Å². The van der Waals surface area contributed by atoms with Crippen molar-refractivity contribution in [2.45, 2.75) is 39.0 Å². The number of rotatable bonds is 10. The zero-order valence-electron chi connectivity index (χ0n) is 19.9. The summed E-state index contributed by atoms with van der Waals surface area (Å²) in [5, 5.41) is 6.96. The molecule has 0 spiro atoms. The van der Waals surface area contributed by atoms with Crippen LogP contribution in [0.25, 0.3) is 0 Å². The molecular formula is C26H39N5O. The Morgan fingerprint density at radius 3 is 2.44 bits per heavy atom. The first-order valence-corrected chi connectivity index (χ1v) is 11.7. The summed E-state index contributed by atoms with van der Waals surface area (Å²) in [4.78, 5) is 9.27. The maximum absolute atomic E-state index is 5.48. The number of nitrogens with one attached hydrogen (secondary N) is 2. The topological polar surface area (TPSA) is 52.1 Å². The molecule has 2 aromatic carbocycles. The van der Waals surface area contributed by atoms with E-state index < -0.39 is 0 Å². The summed E-state index contributed by atoms with van der Waals surface area (Å²) in [6.07, 6.45) is 1.05. The molecule has 1 heterocycles. The second kappa shape index (κ2) is 13.2. The molecule has 2 N–H and O–H groups in total. The molecule has 174 valence electrons. The summed E-state index contributed by atoms with van der Waals surface area (Å²) in [6, 6.07) is 19.8. The van der Waals surface area contributed by atoms with Gasteiger partial charge in [-0.1, -0.05) is 54.6 Å². The minimum absolute atomic E-state index is 0.482. The minimum atomic E-state index is 0.482. The van der Waals surface area contributed by atoms with Crippen molar-refractivity contribution in [3.8, 4) is 0 Å². The number of guanidine groups is 1. The van der Waals surface area contributed by atoms with E-state index in [-0.39, 0.29) is 0 Å². The van der Waals surface area contributed by atoms with E-state index in [1.807, 2.05) is 7.05 Å². The molecule has 1 unspecified atom stereocenters. The van der Waals surface area contributed by atoms with Gasteiger partial charge in [0.15, 0.2) is 5.96 Å². The third kappa shape index (κ3) is 7.93. The molecule has 3 rings (SSSR count). The van der Waals surface area contributed by atoms with Crippen LogP contribution >= 0.6 is 0 Å². The SMILES string of the molecule is CN=C(NCCC(C)N(C)Cc1ccccc1)NCc1ccccc1CN1CCOCC1. The average molecular weight is 438 g/mol. The van der Waals surface area contributed by atoms with Gasteiger partial charge in [-0.3, -0.25) is 14.8 Å². The number of aliphatic imine (C=N–C) groups is 1. The summed E-state index contributed by atoms with van der Waals surface area (Å²) < 4.78 is 5.48. The highest BCUT2D eigenvalue weighted by Gasteiger charge is 2.13. The standard InChI is InChI=1S/C26H39N5O/c1-22(30(3)20-23-9-5-4-6-10-23)13-14-28-26(27-2)29-19-24-11-7-8-12-25(24)21-31-15-17-32-18-16-31/h4-12,22H,13-21H2,1-3H3,(H2,27,28,29). The second-order valence-electron chi connectivity index (χ2n) is 8.55. The molecule has 32 heavy (non-hydrogen) atoms. The van der Waals surface area contributed by atoms with Gasteiger partial charge in [0.1, 0.15) is 0 Å². The van der Waals surface area contributed by atoms with Gasteiger partial charge in [0.05, 0.1) is 13.2 Å². The summed E-state index contributed by atoms with van der Waals surface area (Å²) in [5.41, 5.74) is 4.04. The summed E-state index contributed by atoms with van der Waals surface area (Å²) >= 11 is 0. The van der Waals surface area contributed by atoms with Crippen LogP contribution in [0.2, 0.25) is 0 Å². The Labute approximate surface area is 193 Å². The van der Waals surface area contributed by atoms with E-state index in [1.165, 1.54) is 16.7 Å². The molecule has 1 fully saturated rings. The van der Waals surface area contributed by atoms with Crippen LogP contribution in [0.5, 0.6) is 0 Å². The van der Waals surface area contributed by atoms with Crippen LogP contribution in [0, 0.1) is 0 Å². The lowest BCUT2D eigenvalue weighted by atomic mass is 10.1. The molecule has 1 atom stereocenters. The van der Waals surface area contributed by atoms with Crippen molar-refractivity contribution in [3.63, 3.8) is 0 Å². The number of nitrogens with zero attached hydrogens (tertiary/aromatic N) is 3. The summed E-state index contributed by atoms with van der Waals surface area (Å²) in [6.45, 7) is 9.53. The molecule has 0 radical (unpaired) electrons. The van der Waals surface area contributed by atoms with Crippen molar-refractivity contribution >= 4 is 5.96 Å². The Kier molecular flexibility index (Phi) is 10.0. The highest BCUT2D eigenvalue weighted by Crippen LogP contribution is 2.13. The first-order valence-electron chi connectivity index (χ1n) is 11.7. The van der Waals surface area contributed by atoms with Gasteiger partial charge in [-0.05, 0) is 37.1 Å². The van der Waals surface area contributed by atoms with Crippen LogP contribution in [0.1, 0.15) is 30.0 Å². The highest BCUT2D eigenvalue weighted by molar-refractivity contribution is 5.79. The summed E-state index contributed by atoms with van der Waals surface area (Å²) in [7, 11) is 4.02. The fourth-order valence-electron chi connectivity index (χ4n) is 3.93. The van der Waals surface area contributed by atoms with Gasteiger partial charge in [0, 0.05) is 52.4 Å². The van der Waals surface area contributed by atoms with Crippen molar-refractivity contribution in [1.29, 1.82) is 0 Å². The molecule has 2 aromatic rings. The molecule has 0 aromatic heterocycles. The Morgan fingerprint density at radius 1 is 1.03 bits per heavy atom. The number of ether oxygens (including phenoxy) is 1. The molecule has 0 saturated carbocycles. The maximum atomic E-state index is 5.48. The van der Waals surface area contributed by atoms with Crippen LogP contribution in [0.4, 0.5) is 0 Å². The minimum Gasteiger partial charge on any atom is -0.379 e. The lowest BCUT2D eigenvalue weighted by Gasteiger charge is -2.27. The third-order valence-electron chi connectivity index (χ3n) is 6.17. The Bertz CT molecular complexity index is 820. The van der Waals surface area contributed by atoms with Crippen molar-refractivity contribution in [2.75, 3.05) is 46.9 Å². The van der Waals surface area contributed by atoms with Crippen molar-refractivity contribution in [3.05, 3.63) is 71.3 Å². The van der Waals surface area contributed by atoms with Crippen LogP contribution in [0.15, 0.2) is 59.6 Å². The predicted octanol–water partition coefficient (Wildman–Crippen LogP) is 3.09. The fourth-order valence-corrected chi connectivity index (χ4v) is 3.93. The van der Waals surface area contributed by atoms with Gasteiger partial charge in [-0.2, -0.15) is 0 Å². The van der Waals surface area contributed by atoms with Gasteiger partial charge >= 0.3 is 0 Å². The monoisotopic (exact) mass is 437 g/mol. The fraction of sp³-hybridized carbons (Fsp3) is 0.500. The number of benzene rings is 2. The number of hydrogen-bond donors (Lipinski definition) is 2. The van der Waals surface area contributed by atoms with E-state index in [9.17, 15) is 0 Å². The smallest absolute Gasteiger partial charge is 0.191 e. The molecule has 0 amide bonds. The van der Waals surface area contributed by atoms with Gasteiger partial charge in [0.2, 0.25) is 0 Å². The largest absolute Gasteiger partial charge is 0.379 e. The molecule has 6 heteroatoms. The Balaban J connectivity index is 1.42. The molecule has 0 aliphatic carbocycles. The molecule has 0 bridgehead atoms. The van der Waals surface area contributed by atoms with E-state index in [0.717, 1.165) is 64.9 Å². The number of morpholine rings is 1. The number of hydrogen-bond acceptors (Lipinski definition) is 4. The Hall–Kier alpha value is -2.41. The lowest BCUT2D eigenvalue weighted by molar-refractivity contribution is 0.0341.